The zero-order chi connectivity index (χ0) is 15.1. The first-order chi connectivity index (χ1) is 8.50. The molecule has 2 atom stereocenters. The molecule has 1 saturated heterocycles. The Hall–Kier alpha value is -1.27. The minimum absolute atomic E-state index is 0.125. The molecule has 7 heteroatoms. The molecule has 19 heavy (non-hydrogen) atoms. The normalized spacial score (nSPS) is 32.5. The SMILES string of the molecule is CCC1(C)NC(=O)C(C)(CC)N(CC(F)(F)F)C1=O. The van der Waals surface area contributed by atoms with Crippen LogP contribution in [0, 0.1) is 0 Å². The van der Waals surface area contributed by atoms with Crippen molar-refractivity contribution >= 4 is 11.8 Å². The van der Waals surface area contributed by atoms with Crippen LogP contribution < -0.4 is 5.32 Å². The van der Waals surface area contributed by atoms with Crippen LogP contribution in [0.4, 0.5) is 13.2 Å². The summed E-state index contributed by atoms with van der Waals surface area (Å²) in [5.41, 5.74) is -2.72. The molecule has 0 radical (unpaired) electrons. The largest absolute Gasteiger partial charge is 0.406 e. The van der Waals surface area contributed by atoms with E-state index in [1.54, 1.807) is 13.8 Å². The van der Waals surface area contributed by atoms with E-state index in [2.05, 4.69) is 5.32 Å². The van der Waals surface area contributed by atoms with E-state index in [1.165, 1.54) is 13.8 Å². The number of hydrogen-bond acceptors (Lipinski definition) is 2. The van der Waals surface area contributed by atoms with Crippen LogP contribution >= 0.6 is 0 Å². The van der Waals surface area contributed by atoms with Gasteiger partial charge in [0.1, 0.15) is 17.6 Å². The number of rotatable bonds is 3. The summed E-state index contributed by atoms with van der Waals surface area (Å²) in [4.78, 5) is 25.0. The van der Waals surface area contributed by atoms with Crippen molar-refractivity contribution in [2.45, 2.75) is 57.8 Å². The van der Waals surface area contributed by atoms with Gasteiger partial charge in [-0.25, -0.2) is 0 Å². The fourth-order valence-corrected chi connectivity index (χ4v) is 2.10. The molecule has 0 spiro atoms. The van der Waals surface area contributed by atoms with E-state index in [1.807, 2.05) is 0 Å². The van der Waals surface area contributed by atoms with E-state index in [0.717, 1.165) is 0 Å². The van der Waals surface area contributed by atoms with E-state index in [4.69, 9.17) is 0 Å². The molecule has 2 unspecified atom stereocenters. The first-order valence-corrected chi connectivity index (χ1v) is 6.21. The second-order valence-electron chi connectivity index (χ2n) is 5.27. The second kappa shape index (κ2) is 4.68. The van der Waals surface area contributed by atoms with Crippen molar-refractivity contribution in [1.82, 2.24) is 10.2 Å². The lowest BCUT2D eigenvalue weighted by atomic mass is 9.84. The van der Waals surface area contributed by atoms with Gasteiger partial charge in [0.25, 0.3) is 0 Å². The maximum atomic E-state index is 12.7. The number of piperazine rings is 1. The van der Waals surface area contributed by atoms with Crippen molar-refractivity contribution in [3.05, 3.63) is 0 Å². The molecule has 2 amide bonds. The summed E-state index contributed by atoms with van der Waals surface area (Å²) in [6.45, 7) is 4.65. The summed E-state index contributed by atoms with van der Waals surface area (Å²) in [6, 6.07) is 0. The van der Waals surface area contributed by atoms with Gasteiger partial charge in [-0.2, -0.15) is 13.2 Å². The molecular formula is C12H19F3N2O2. The number of alkyl halides is 3. The maximum Gasteiger partial charge on any atom is 0.406 e. The number of halogens is 3. The Morgan fingerprint density at radius 3 is 2.05 bits per heavy atom. The van der Waals surface area contributed by atoms with Gasteiger partial charge in [-0.15, -0.1) is 0 Å². The van der Waals surface area contributed by atoms with Crippen LogP contribution in [0.25, 0.3) is 0 Å². The summed E-state index contributed by atoms with van der Waals surface area (Å²) in [7, 11) is 0. The molecule has 0 aromatic heterocycles. The predicted octanol–water partition coefficient (Wildman–Crippen LogP) is 1.84. The van der Waals surface area contributed by atoms with Gasteiger partial charge in [-0.1, -0.05) is 13.8 Å². The first-order valence-electron chi connectivity index (χ1n) is 6.21. The van der Waals surface area contributed by atoms with Crippen LogP contribution in [0.2, 0.25) is 0 Å². The van der Waals surface area contributed by atoms with Crippen LogP contribution in [0.15, 0.2) is 0 Å². The van der Waals surface area contributed by atoms with Gasteiger partial charge >= 0.3 is 6.18 Å². The third-order valence-electron chi connectivity index (χ3n) is 3.92. The third-order valence-corrected chi connectivity index (χ3v) is 3.92. The molecule has 1 fully saturated rings. The minimum Gasteiger partial charge on any atom is -0.340 e. The van der Waals surface area contributed by atoms with E-state index >= 15 is 0 Å². The standard InChI is InChI=1S/C12H19F3N2O2/c1-5-10(3)9(19)17(7-12(13,14)15)11(4,6-2)8(18)16-10/h5-7H2,1-4H3,(H,16,18). The number of carbonyl (C=O) groups is 2. The molecule has 110 valence electrons. The van der Waals surface area contributed by atoms with Crippen molar-refractivity contribution in [3.8, 4) is 0 Å². The number of carbonyl (C=O) groups excluding carboxylic acids is 2. The Kier molecular flexibility index (Phi) is 3.89. The Balaban J connectivity index is 3.23. The average molecular weight is 280 g/mol. The van der Waals surface area contributed by atoms with Crippen molar-refractivity contribution in [2.75, 3.05) is 6.54 Å². The van der Waals surface area contributed by atoms with Crippen LogP contribution in [0.5, 0.6) is 0 Å². The molecule has 1 heterocycles. The fraction of sp³-hybridized carbons (Fsp3) is 0.833. The summed E-state index contributed by atoms with van der Waals surface area (Å²) in [5.74, 6) is -1.22. The molecular weight excluding hydrogens is 261 g/mol. The Labute approximate surface area is 110 Å². The van der Waals surface area contributed by atoms with Gasteiger partial charge in [-0.05, 0) is 26.7 Å². The topological polar surface area (TPSA) is 49.4 Å². The predicted molar refractivity (Wildman–Crippen MR) is 63.3 cm³/mol. The van der Waals surface area contributed by atoms with E-state index < -0.39 is 35.6 Å². The van der Waals surface area contributed by atoms with Crippen LogP contribution in [-0.2, 0) is 9.59 Å². The Morgan fingerprint density at radius 1 is 1.16 bits per heavy atom. The molecule has 0 saturated carbocycles. The fourth-order valence-electron chi connectivity index (χ4n) is 2.10. The average Bonchev–Trinajstić information content (AvgIpc) is 2.31. The van der Waals surface area contributed by atoms with Crippen molar-refractivity contribution in [3.63, 3.8) is 0 Å². The van der Waals surface area contributed by atoms with Gasteiger partial charge < -0.3 is 10.2 Å². The summed E-state index contributed by atoms with van der Waals surface area (Å²) in [6.07, 6.45) is -4.16. The highest BCUT2D eigenvalue weighted by atomic mass is 19.4. The number of amides is 2. The highest BCUT2D eigenvalue weighted by Gasteiger charge is 2.55. The minimum atomic E-state index is -4.53. The van der Waals surface area contributed by atoms with E-state index in [9.17, 15) is 22.8 Å². The number of nitrogens with one attached hydrogen (secondary N) is 1. The number of hydrogen-bond donors (Lipinski definition) is 1. The van der Waals surface area contributed by atoms with Gasteiger partial charge in [0, 0.05) is 0 Å². The van der Waals surface area contributed by atoms with Crippen molar-refractivity contribution < 1.29 is 22.8 Å². The molecule has 1 rings (SSSR count). The van der Waals surface area contributed by atoms with Crippen LogP contribution in [-0.4, -0.2) is 40.5 Å². The molecule has 0 aromatic carbocycles. The summed E-state index contributed by atoms with van der Waals surface area (Å²) < 4.78 is 38.0. The van der Waals surface area contributed by atoms with Crippen molar-refractivity contribution in [1.29, 1.82) is 0 Å². The van der Waals surface area contributed by atoms with Crippen LogP contribution in [0.1, 0.15) is 40.5 Å². The lowest BCUT2D eigenvalue weighted by Crippen LogP contribution is -2.74. The van der Waals surface area contributed by atoms with Crippen molar-refractivity contribution in [2.24, 2.45) is 0 Å². The second-order valence-corrected chi connectivity index (χ2v) is 5.27. The summed E-state index contributed by atoms with van der Waals surface area (Å²) >= 11 is 0. The lowest BCUT2D eigenvalue weighted by Gasteiger charge is -2.49. The molecule has 1 aliphatic rings. The monoisotopic (exact) mass is 280 g/mol. The van der Waals surface area contributed by atoms with Gasteiger partial charge in [0.2, 0.25) is 11.8 Å². The first kappa shape index (κ1) is 15.8. The van der Waals surface area contributed by atoms with E-state index in [-0.39, 0.29) is 12.8 Å². The zero-order valence-corrected chi connectivity index (χ0v) is 11.5. The molecule has 4 nitrogen and oxygen atoms in total. The Morgan fingerprint density at radius 2 is 1.68 bits per heavy atom. The van der Waals surface area contributed by atoms with E-state index in [0.29, 0.717) is 4.90 Å². The molecule has 1 aliphatic heterocycles. The third kappa shape index (κ3) is 2.69. The number of nitrogens with zero attached hydrogens (tertiary/aromatic N) is 1. The highest BCUT2D eigenvalue weighted by Crippen LogP contribution is 2.33. The quantitative estimate of drug-likeness (QED) is 0.857. The molecule has 0 aliphatic carbocycles. The smallest absolute Gasteiger partial charge is 0.340 e. The van der Waals surface area contributed by atoms with Gasteiger partial charge in [-0.3, -0.25) is 9.59 Å². The molecule has 0 bridgehead atoms. The Bertz CT molecular complexity index is 397. The lowest BCUT2D eigenvalue weighted by molar-refractivity contribution is -0.186. The summed E-state index contributed by atoms with van der Waals surface area (Å²) in [5, 5.41) is 2.55. The zero-order valence-electron chi connectivity index (χ0n) is 11.5. The van der Waals surface area contributed by atoms with Gasteiger partial charge in [0.05, 0.1) is 0 Å². The van der Waals surface area contributed by atoms with Crippen LogP contribution in [0.3, 0.4) is 0 Å². The molecule has 0 aromatic rings. The maximum absolute atomic E-state index is 12.7. The van der Waals surface area contributed by atoms with Gasteiger partial charge in [0.15, 0.2) is 0 Å². The highest BCUT2D eigenvalue weighted by molar-refractivity contribution is 6.01. The molecule has 1 N–H and O–H groups in total.